The van der Waals surface area contributed by atoms with Gasteiger partial charge < -0.3 is 21.3 Å². The minimum atomic E-state index is -0.331. The summed E-state index contributed by atoms with van der Waals surface area (Å²) in [6.07, 6.45) is 1.69. The summed E-state index contributed by atoms with van der Waals surface area (Å²) in [6.45, 7) is 5.07. The van der Waals surface area contributed by atoms with Crippen LogP contribution in [0.4, 0.5) is 26.1 Å². The molecule has 2 heterocycles. The van der Waals surface area contributed by atoms with E-state index in [1.807, 2.05) is 0 Å². The van der Waals surface area contributed by atoms with Gasteiger partial charge in [-0.1, -0.05) is 6.08 Å². The molecule has 1 aromatic carbocycles. The van der Waals surface area contributed by atoms with Crippen LogP contribution in [0.1, 0.15) is 5.69 Å². The average molecular weight is 400 g/mol. The minimum Gasteiger partial charge on any atom is -0.336 e. The van der Waals surface area contributed by atoms with Gasteiger partial charge in [-0.3, -0.25) is 9.69 Å². The first-order chi connectivity index (χ1) is 13.5. The van der Waals surface area contributed by atoms with E-state index in [0.29, 0.717) is 41.8 Å². The summed E-state index contributed by atoms with van der Waals surface area (Å²) in [5.41, 5.74) is 1.82. The Morgan fingerprint density at radius 2 is 1.96 bits per heavy atom. The smallest absolute Gasteiger partial charge is 0.323 e. The number of nitrogens with one attached hydrogen (secondary N) is 4. The summed E-state index contributed by atoms with van der Waals surface area (Å²) in [4.78, 5) is 41.4. The van der Waals surface area contributed by atoms with Gasteiger partial charge in [0.1, 0.15) is 0 Å². The molecule has 0 bridgehead atoms. The molecule has 28 heavy (non-hydrogen) atoms. The first-order valence-corrected chi connectivity index (χ1v) is 9.48. The van der Waals surface area contributed by atoms with Crippen molar-refractivity contribution < 1.29 is 14.4 Å². The standard InChI is InChI=1S/C18H20N6O3S/c1-2-7-19-16(26)22-13-5-3-12(4-6-13)21-15(25)10-14-11-28-18(23-14)24-9-8-20-17(24)27/h2-6,11H,1,7-10H2,(H,20,27)(H,21,25)(H2,19,22,26). The number of hydrogen-bond acceptors (Lipinski definition) is 5. The van der Waals surface area contributed by atoms with Crippen molar-refractivity contribution in [2.75, 3.05) is 35.2 Å². The fourth-order valence-corrected chi connectivity index (χ4v) is 3.35. The van der Waals surface area contributed by atoms with Crippen molar-refractivity contribution in [3.63, 3.8) is 0 Å². The molecule has 1 aromatic heterocycles. The maximum absolute atomic E-state index is 12.2. The summed E-state index contributed by atoms with van der Waals surface area (Å²) >= 11 is 1.33. The lowest BCUT2D eigenvalue weighted by Crippen LogP contribution is -2.28. The molecule has 0 unspecified atom stereocenters. The Morgan fingerprint density at radius 1 is 1.25 bits per heavy atom. The van der Waals surface area contributed by atoms with Gasteiger partial charge in [0.25, 0.3) is 0 Å². The van der Waals surface area contributed by atoms with Crippen LogP contribution < -0.4 is 26.2 Å². The quantitative estimate of drug-likeness (QED) is 0.533. The second-order valence-electron chi connectivity index (χ2n) is 5.93. The van der Waals surface area contributed by atoms with E-state index in [-0.39, 0.29) is 24.4 Å². The number of carbonyl (C=O) groups is 3. The summed E-state index contributed by atoms with van der Waals surface area (Å²) in [7, 11) is 0. The van der Waals surface area contributed by atoms with Gasteiger partial charge in [0, 0.05) is 36.4 Å². The Bertz CT molecular complexity index is 880. The molecule has 1 aliphatic heterocycles. The average Bonchev–Trinajstić information content (AvgIpc) is 3.30. The van der Waals surface area contributed by atoms with Gasteiger partial charge in [-0.05, 0) is 24.3 Å². The monoisotopic (exact) mass is 400 g/mol. The molecule has 1 fully saturated rings. The Hall–Kier alpha value is -3.40. The highest BCUT2D eigenvalue weighted by molar-refractivity contribution is 7.14. The summed E-state index contributed by atoms with van der Waals surface area (Å²) in [5.74, 6) is -0.216. The van der Waals surface area contributed by atoms with Crippen LogP contribution in [0, 0.1) is 0 Å². The van der Waals surface area contributed by atoms with E-state index in [4.69, 9.17) is 0 Å². The summed E-state index contributed by atoms with van der Waals surface area (Å²) < 4.78 is 0. The third kappa shape index (κ3) is 5.07. The van der Waals surface area contributed by atoms with Gasteiger partial charge >= 0.3 is 12.1 Å². The van der Waals surface area contributed by atoms with Gasteiger partial charge in [-0.15, -0.1) is 17.9 Å². The number of benzene rings is 1. The molecule has 4 N–H and O–H groups in total. The molecule has 10 heteroatoms. The predicted octanol–water partition coefficient (Wildman–Crippen LogP) is 2.16. The highest BCUT2D eigenvalue weighted by Gasteiger charge is 2.24. The highest BCUT2D eigenvalue weighted by atomic mass is 32.1. The zero-order valence-corrected chi connectivity index (χ0v) is 15.8. The van der Waals surface area contributed by atoms with Crippen molar-refractivity contribution in [1.82, 2.24) is 15.6 Å². The number of nitrogens with zero attached hydrogens (tertiary/aromatic N) is 2. The van der Waals surface area contributed by atoms with E-state index in [2.05, 4.69) is 32.8 Å². The Labute approximate surface area is 165 Å². The molecular formula is C18H20N6O3S. The second kappa shape index (κ2) is 9.00. The molecular weight excluding hydrogens is 380 g/mol. The maximum Gasteiger partial charge on any atom is 0.323 e. The van der Waals surface area contributed by atoms with E-state index < -0.39 is 0 Å². The van der Waals surface area contributed by atoms with Crippen molar-refractivity contribution in [3.8, 4) is 0 Å². The van der Waals surface area contributed by atoms with Crippen LogP contribution in [0.15, 0.2) is 42.3 Å². The van der Waals surface area contributed by atoms with Gasteiger partial charge in [0.2, 0.25) is 5.91 Å². The number of aromatic nitrogens is 1. The molecule has 1 aliphatic rings. The Morgan fingerprint density at radius 3 is 2.61 bits per heavy atom. The van der Waals surface area contributed by atoms with Crippen LogP contribution in [-0.4, -0.2) is 42.6 Å². The molecule has 2 aromatic rings. The third-order valence-corrected chi connectivity index (χ3v) is 4.71. The molecule has 0 aliphatic carbocycles. The molecule has 0 spiro atoms. The van der Waals surface area contributed by atoms with Crippen LogP contribution in [0.2, 0.25) is 0 Å². The first-order valence-electron chi connectivity index (χ1n) is 8.60. The van der Waals surface area contributed by atoms with Crippen LogP contribution in [0.3, 0.4) is 0 Å². The van der Waals surface area contributed by atoms with Crippen molar-refractivity contribution in [3.05, 3.63) is 48.0 Å². The number of hydrogen-bond donors (Lipinski definition) is 4. The summed E-state index contributed by atoms with van der Waals surface area (Å²) in [5, 5.41) is 13.1. The molecule has 0 radical (unpaired) electrons. The molecule has 9 nitrogen and oxygen atoms in total. The van der Waals surface area contributed by atoms with Crippen molar-refractivity contribution in [2.24, 2.45) is 0 Å². The molecule has 1 saturated heterocycles. The Kier molecular flexibility index (Phi) is 6.22. The number of carbonyl (C=O) groups excluding carboxylic acids is 3. The number of amides is 5. The molecule has 3 rings (SSSR count). The van der Waals surface area contributed by atoms with Gasteiger partial charge in [0.05, 0.1) is 12.1 Å². The van der Waals surface area contributed by atoms with E-state index in [1.165, 1.54) is 11.3 Å². The first kappa shape index (κ1) is 19.4. The summed E-state index contributed by atoms with van der Waals surface area (Å²) in [6, 6.07) is 6.27. The van der Waals surface area contributed by atoms with E-state index in [0.717, 1.165) is 0 Å². The maximum atomic E-state index is 12.2. The topological polar surface area (TPSA) is 115 Å². The lowest BCUT2D eigenvalue weighted by molar-refractivity contribution is -0.115. The second-order valence-corrected chi connectivity index (χ2v) is 6.77. The van der Waals surface area contributed by atoms with E-state index in [9.17, 15) is 14.4 Å². The normalized spacial score (nSPS) is 13.0. The lowest BCUT2D eigenvalue weighted by Gasteiger charge is -2.09. The number of anilines is 3. The Balaban J connectivity index is 1.51. The molecule has 0 atom stereocenters. The van der Waals surface area contributed by atoms with Crippen LogP contribution in [0.5, 0.6) is 0 Å². The lowest BCUT2D eigenvalue weighted by atomic mass is 10.2. The predicted molar refractivity (Wildman–Crippen MR) is 109 cm³/mol. The number of urea groups is 2. The third-order valence-electron chi connectivity index (χ3n) is 3.80. The van der Waals surface area contributed by atoms with E-state index >= 15 is 0 Å². The fourth-order valence-electron chi connectivity index (χ4n) is 2.50. The van der Waals surface area contributed by atoms with Crippen LogP contribution >= 0.6 is 11.3 Å². The van der Waals surface area contributed by atoms with Crippen molar-refractivity contribution in [2.45, 2.75) is 6.42 Å². The number of rotatable bonds is 7. The van der Waals surface area contributed by atoms with Crippen LogP contribution in [0.25, 0.3) is 0 Å². The van der Waals surface area contributed by atoms with E-state index in [1.54, 1.807) is 40.6 Å². The van der Waals surface area contributed by atoms with Gasteiger partial charge in [-0.25, -0.2) is 14.6 Å². The SMILES string of the molecule is C=CCNC(=O)Nc1ccc(NC(=O)Cc2csc(N3CCNC3=O)n2)cc1. The largest absolute Gasteiger partial charge is 0.336 e. The highest BCUT2D eigenvalue weighted by Crippen LogP contribution is 2.22. The zero-order valence-electron chi connectivity index (χ0n) is 15.0. The van der Waals surface area contributed by atoms with Crippen molar-refractivity contribution >= 4 is 45.8 Å². The van der Waals surface area contributed by atoms with Crippen molar-refractivity contribution in [1.29, 1.82) is 0 Å². The number of thiazole rings is 1. The van der Waals surface area contributed by atoms with Gasteiger partial charge in [-0.2, -0.15) is 0 Å². The molecule has 0 saturated carbocycles. The minimum absolute atomic E-state index is 0.107. The van der Waals surface area contributed by atoms with Crippen LogP contribution in [-0.2, 0) is 11.2 Å². The zero-order chi connectivity index (χ0) is 19.9. The molecule has 5 amide bonds. The molecule has 146 valence electrons. The van der Waals surface area contributed by atoms with Gasteiger partial charge in [0.15, 0.2) is 5.13 Å². The fraction of sp³-hybridized carbons (Fsp3) is 0.222.